The van der Waals surface area contributed by atoms with Gasteiger partial charge in [-0.3, -0.25) is 4.79 Å². The fourth-order valence-corrected chi connectivity index (χ4v) is 3.69. The Hall–Kier alpha value is -0.790. The minimum atomic E-state index is 0.383. The van der Waals surface area contributed by atoms with Crippen molar-refractivity contribution in [2.45, 2.75) is 137 Å². The molecule has 178 valence electrons. The van der Waals surface area contributed by atoms with Crippen LogP contribution in [0.2, 0.25) is 0 Å². The monoisotopic (exact) mass is 421 g/mol. The third-order valence-corrected chi connectivity index (χ3v) is 5.96. The number of carbonyl (C=O) groups excluding carboxylic acids is 1. The van der Waals surface area contributed by atoms with Gasteiger partial charge in [-0.25, -0.2) is 0 Å². The molecule has 0 saturated carbocycles. The molecule has 0 aliphatic carbocycles. The smallest absolute Gasteiger partial charge is 0.222 e. The van der Waals surface area contributed by atoms with Gasteiger partial charge in [-0.15, -0.1) is 0 Å². The summed E-state index contributed by atoms with van der Waals surface area (Å²) in [6.45, 7) is 13.1. The molecule has 0 unspecified atom stereocenters. The highest BCUT2D eigenvalue weighted by Crippen LogP contribution is 2.13. The molecule has 0 rings (SSSR count). The number of allylic oxidation sites excluding steroid dienone is 2. The Bertz CT molecular complexity index is 387. The summed E-state index contributed by atoms with van der Waals surface area (Å²) in [5.74, 6) is 1.72. The Morgan fingerprint density at radius 2 is 1.10 bits per heavy atom. The van der Waals surface area contributed by atoms with E-state index < -0.39 is 0 Å². The van der Waals surface area contributed by atoms with E-state index in [4.69, 9.17) is 0 Å². The van der Waals surface area contributed by atoms with Gasteiger partial charge in [0.1, 0.15) is 0 Å². The van der Waals surface area contributed by atoms with Crippen LogP contribution >= 0.6 is 0 Å². The molecular formula is C28H55NO. The van der Waals surface area contributed by atoms with Crippen LogP contribution < -0.4 is 0 Å². The first-order valence-electron chi connectivity index (χ1n) is 13.4. The first-order chi connectivity index (χ1) is 14.5. The van der Waals surface area contributed by atoms with Gasteiger partial charge in [0.05, 0.1) is 0 Å². The van der Waals surface area contributed by atoms with Crippen molar-refractivity contribution in [1.82, 2.24) is 4.90 Å². The molecule has 2 heteroatoms. The summed E-state index contributed by atoms with van der Waals surface area (Å²) in [5, 5.41) is 0. The van der Waals surface area contributed by atoms with Crippen LogP contribution in [-0.4, -0.2) is 23.9 Å². The average Bonchev–Trinajstić information content (AvgIpc) is 2.70. The van der Waals surface area contributed by atoms with Crippen LogP contribution in [0.3, 0.4) is 0 Å². The van der Waals surface area contributed by atoms with Crippen LogP contribution in [0.15, 0.2) is 12.2 Å². The lowest BCUT2D eigenvalue weighted by atomic mass is 10.1. The van der Waals surface area contributed by atoms with E-state index in [0.29, 0.717) is 17.7 Å². The van der Waals surface area contributed by atoms with Crippen LogP contribution in [0.25, 0.3) is 0 Å². The molecule has 0 spiro atoms. The largest absolute Gasteiger partial charge is 0.343 e. The normalized spacial score (nSPS) is 11.8. The van der Waals surface area contributed by atoms with Crippen molar-refractivity contribution in [3.05, 3.63) is 12.2 Å². The molecule has 0 aliphatic heterocycles. The Labute approximate surface area is 190 Å². The first-order valence-corrected chi connectivity index (χ1v) is 13.4. The Kier molecular flexibility index (Phi) is 20.9. The van der Waals surface area contributed by atoms with E-state index in [9.17, 15) is 4.79 Å². The summed E-state index contributed by atoms with van der Waals surface area (Å²) < 4.78 is 0. The van der Waals surface area contributed by atoms with Crippen molar-refractivity contribution in [2.24, 2.45) is 11.8 Å². The third-order valence-electron chi connectivity index (χ3n) is 5.96. The number of hydrogen-bond acceptors (Lipinski definition) is 1. The quantitative estimate of drug-likeness (QED) is 0.134. The van der Waals surface area contributed by atoms with E-state index in [0.717, 1.165) is 38.8 Å². The third kappa shape index (κ3) is 20.5. The van der Waals surface area contributed by atoms with Gasteiger partial charge in [0.15, 0.2) is 0 Å². The lowest BCUT2D eigenvalue weighted by Crippen LogP contribution is -2.34. The summed E-state index contributed by atoms with van der Waals surface area (Å²) in [4.78, 5) is 14.8. The second-order valence-corrected chi connectivity index (χ2v) is 10.1. The molecule has 0 fully saturated rings. The highest BCUT2D eigenvalue weighted by atomic mass is 16.2. The SMILES string of the molecule is CCCCCCCC/C=C\CCCCCCCC(=O)N(CCC(C)C)CCC(C)C. The van der Waals surface area contributed by atoms with Crippen LogP contribution in [0, 0.1) is 11.8 Å². The van der Waals surface area contributed by atoms with Crippen molar-refractivity contribution < 1.29 is 4.79 Å². The number of carbonyl (C=O) groups is 1. The molecule has 30 heavy (non-hydrogen) atoms. The van der Waals surface area contributed by atoms with E-state index in [1.165, 1.54) is 77.0 Å². The Morgan fingerprint density at radius 3 is 1.57 bits per heavy atom. The Balaban J connectivity index is 3.67. The maximum atomic E-state index is 12.6. The van der Waals surface area contributed by atoms with Crippen LogP contribution in [0.5, 0.6) is 0 Å². The maximum absolute atomic E-state index is 12.6. The van der Waals surface area contributed by atoms with Gasteiger partial charge >= 0.3 is 0 Å². The molecule has 0 aromatic rings. The minimum Gasteiger partial charge on any atom is -0.343 e. The molecule has 0 atom stereocenters. The molecule has 0 aromatic heterocycles. The van der Waals surface area contributed by atoms with Gasteiger partial charge < -0.3 is 4.90 Å². The zero-order valence-electron chi connectivity index (χ0n) is 21.4. The van der Waals surface area contributed by atoms with E-state index in [1.807, 2.05) is 0 Å². The lowest BCUT2D eigenvalue weighted by molar-refractivity contribution is -0.131. The number of hydrogen-bond donors (Lipinski definition) is 0. The fraction of sp³-hybridized carbons (Fsp3) is 0.893. The number of amides is 1. The fourth-order valence-electron chi connectivity index (χ4n) is 3.69. The molecule has 2 nitrogen and oxygen atoms in total. The van der Waals surface area contributed by atoms with Crippen molar-refractivity contribution in [2.75, 3.05) is 13.1 Å². The predicted octanol–water partition coefficient (Wildman–Crippen LogP) is 8.94. The topological polar surface area (TPSA) is 20.3 Å². The standard InChI is InChI=1S/C28H55NO/c1-6-7-8-9-10-11-12-13-14-15-16-17-18-19-20-21-28(30)29(24-22-26(2)3)25-23-27(4)5/h13-14,26-27H,6-12,15-25H2,1-5H3/b14-13-. The van der Waals surface area contributed by atoms with Crippen molar-refractivity contribution in [3.63, 3.8) is 0 Å². The van der Waals surface area contributed by atoms with E-state index >= 15 is 0 Å². The first kappa shape index (κ1) is 29.2. The molecule has 0 saturated heterocycles. The summed E-state index contributed by atoms with van der Waals surface area (Å²) in [5.41, 5.74) is 0. The summed E-state index contributed by atoms with van der Waals surface area (Å²) in [6.07, 6.45) is 24.7. The van der Waals surface area contributed by atoms with Crippen molar-refractivity contribution in [3.8, 4) is 0 Å². The van der Waals surface area contributed by atoms with E-state index in [2.05, 4.69) is 51.7 Å². The van der Waals surface area contributed by atoms with Gasteiger partial charge in [-0.1, -0.05) is 98.1 Å². The van der Waals surface area contributed by atoms with Gasteiger partial charge in [0, 0.05) is 19.5 Å². The molecule has 0 heterocycles. The zero-order valence-corrected chi connectivity index (χ0v) is 21.4. The minimum absolute atomic E-state index is 0.383. The molecule has 1 amide bonds. The molecule has 0 N–H and O–H groups in total. The van der Waals surface area contributed by atoms with E-state index in [-0.39, 0.29) is 0 Å². The molecular weight excluding hydrogens is 366 g/mol. The average molecular weight is 422 g/mol. The second-order valence-electron chi connectivity index (χ2n) is 10.1. The van der Waals surface area contributed by atoms with Gasteiger partial charge in [0.2, 0.25) is 5.91 Å². The van der Waals surface area contributed by atoms with Gasteiger partial charge in [-0.2, -0.15) is 0 Å². The van der Waals surface area contributed by atoms with Crippen molar-refractivity contribution >= 4 is 5.91 Å². The number of rotatable bonds is 21. The highest BCUT2D eigenvalue weighted by Gasteiger charge is 2.14. The second kappa shape index (κ2) is 21.4. The molecule has 0 aromatic carbocycles. The molecule has 0 aliphatic rings. The number of nitrogens with zero attached hydrogens (tertiary/aromatic N) is 1. The van der Waals surface area contributed by atoms with Crippen LogP contribution in [0.4, 0.5) is 0 Å². The summed E-state index contributed by atoms with van der Waals surface area (Å²) in [6, 6.07) is 0. The Morgan fingerprint density at radius 1 is 0.667 bits per heavy atom. The van der Waals surface area contributed by atoms with Crippen LogP contribution in [0.1, 0.15) is 137 Å². The van der Waals surface area contributed by atoms with Gasteiger partial charge in [0.25, 0.3) is 0 Å². The van der Waals surface area contributed by atoms with E-state index in [1.54, 1.807) is 0 Å². The van der Waals surface area contributed by atoms with Crippen LogP contribution in [-0.2, 0) is 4.79 Å². The molecule has 0 bridgehead atoms. The lowest BCUT2D eigenvalue weighted by Gasteiger charge is -2.24. The zero-order chi connectivity index (χ0) is 22.5. The highest BCUT2D eigenvalue weighted by molar-refractivity contribution is 5.76. The van der Waals surface area contributed by atoms with Crippen molar-refractivity contribution in [1.29, 1.82) is 0 Å². The molecule has 0 radical (unpaired) electrons. The number of unbranched alkanes of at least 4 members (excludes halogenated alkanes) is 11. The summed E-state index contributed by atoms with van der Waals surface area (Å²) >= 11 is 0. The summed E-state index contributed by atoms with van der Waals surface area (Å²) in [7, 11) is 0. The predicted molar refractivity (Wildman–Crippen MR) is 135 cm³/mol. The van der Waals surface area contributed by atoms with Gasteiger partial charge in [-0.05, 0) is 56.8 Å². The maximum Gasteiger partial charge on any atom is 0.222 e.